The van der Waals surface area contributed by atoms with Gasteiger partial charge in [0, 0.05) is 26.1 Å². The molecular formula is C17H23N5O3S. The summed E-state index contributed by atoms with van der Waals surface area (Å²) in [5.41, 5.74) is 0. The Kier molecular flexibility index (Phi) is 6.00. The highest BCUT2D eigenvalue weighted by molar-refractivity contribution is 7.11. The van der Waals surface area contributed by atoms with Gasteiger partial charge in [-0.3, -0.25) is 14.5 Å². The van der Waals surface area contributed by atoms with E-state index in [2.05, 4.69) is 20.8 Å². The Balaban J connectivity index is 1.52. The molecule has 1 saturated heterocycles. The quantitative estimate of drug-likeness (QED) is 0.740. The van der Waals surface area contributed by atoms with Crippen molar-refractivity contribution in [3.05, 3.63) is 33.7 Å². The van der Waals surface area contributed by atoms with Crippen molar-refractivity contribution in [2.75, 3.05) is 19.6 Å². The SMILES string of the molecule is Cc1ccc(CN2CCNC(=O)[C@H]2CC(=O)NCCc2nnc(C)s2)o1. The van der Waals surface area contributed by atoms with Crippen molar-refractivity contribution in [3.63, 3.8) is 0 Å². The van der Waals surface area contributed by atoms with Gasteiger partial charge >= 0.3 is 0 Å². The fourth-order valence-corrected chi connectivity index (χ4v) is 3.65. The van der Waals surface area contributed by atoms with E-state index in [0.29, 0.717) is 32.6 Å². The summed E-state index contributed by atoms with van der Waals surface area (Å²) in [5.74, 6) is 1.38. The highest BCUT2D eigenvalue weighted by Crippen LogP contribution is 2.16. The first-order valence-electron chi connectivity index (χ1n) is 8.64. The predicted octanol–water partition coefficient (Wildman–Crippen LogP) is 0.797. The summed E-state index contributed by atoms with van der Waals surface area (Å²) in [6.45, 7) is 6.05. The van der Waals surface area contributed by atoms with Crippen LogP contribution in [0.2, 0.25) is 0 Å². The number of aryl methyl sites for hydroxylation is 2. The molecule has 2 N–H and O–H groups in total. The topological polar surface area (TPSA) is 100 Å². The molecular weight excluding hydrogens is 354 g/mol. The molecule has 2 amide bonds. The Hall–Kier alpha value is -2.26. The zero-order chi connectivity index (χ0) is 18.5. The average Bonchev–Trinajstić information content (AvgIpc) is 3.19. The predicted molar refractivity (Wildman–Crippen MR) is 96.6 cm³/mol. The molecule has 0 radical (unpaired) electrons. The van der Waals surface area contributed by atoms with Crippen molar-refractivity contribution < 1.29 is 14.0 Å². The summed E-state index contributed by atoms with van der Waals surface area (Å²) in [5, 5.41) is 15.5. The van der Waals surface area contributed by atoms with Crippen LogP contribution in [0.1, 0.15) is 28.0 Å². The number of carbonyl (C=O) groups is 2. The molecule has 2 aromatic rings. The molecule has 1 atom stereocenters. The van der Waals surface area contributed by atoms with Crippen LogP contribution in [0.25, 0.3) is 0 Å². The molecule has 0 unspecified atom stereocenters. The standard InChI is InChI=1S/C17H23N5O3S/c1-11-3-4-13(25-11)10-22-8-7-19-17(24)14(22)9-15(23)18-6-5-16-21-20-12(2)26-16/h3-4,14H,5-10H2,1-2H3,(H,18,23)(H,19,24)/t14-/m1/s1. The number of nitrogens with zero attached hydrogens (tertiary/aromatic N) is 3. The van der Waals surface area contributed by atoms with E-state index in [1.165, 1.54) is 11.3 Å². The van der Waals surface area contributed by atoms with E-state index in [9.17, 15) is 9.59 Å². The summed E-state index contributed by atoms with van der Waals surface area (Å²) in [6, 6.07) is 3.32. The van der Waals surface area contributed by atoms with Gasteiger partial charge in [-0.25, -0.2) is 0 Å². The molecule has 0 aromatic carbocycles. The fourth-order valence-electron chi connectivity index (χ4n) is 2.94. The van der Waals surface area contributed by atoms with Gasteiger partial charge in [0.15, 0.2) is 0 Å². The van der Waals surface area contributed by atoms with Crippen molar-refractivity contribution in [1.82, 2.24) is 25.7 Å². The Labute approximate surface area is 156 Å². The maximum atomic E-state index is 12.3. The Morgan fingerprint density at radius 1 is 1.42 bits per heavy atom. The third-order valence-corrected chi connectivity index (χ3v) is 5.10. The van der Waals surface area contributed by atoms with Gasteiger partial charge in [0.05, 0.1) is 19.0 Å². The number of amides is 2. The maximum Gasteiger partial charge on any atom is 0.237 e. The summed E-state index contributed by atoms with van der Waals surface area (Å²) < 4.78 is 5.61. The summed E-state index contributed by atoms with van der Waals surface area (Å²) in [4.78, 5) is 26.5. The number of hydrogen-bond acceptors (Lipinski definition) is 7. The zero-order valence-corrected chi connectivity index (χ0v) is 15.8. The minimum Gasteiger partial charge on any atom is -0.465 e. The van der Waals surface area contributed by atoms with Crippen LogP contribution in [0.3, 0.4) is 0 Å². The number of hydrogen-bond donors (Lipinski definition) is 2. The second-order valence-electron chi connectivity index (χ2n) is 6.31. The van der Waals surface area contributed by atoms with E-state index in [4.69, 9.17) is 4.42 Å². The minimum atomic E-state index is -0.488. The summed E-state index contributed by atoms with van der Waals surface area (Å²) in [6.07, 6.45) is 0.768. The molecule has 26 heavy (non-hydrogen) atoms. The molecule has 1 aliphatic heterocycles. The molecule has 3 rings (SSSR count). The van der Waals surface area contributed by atoms with Gasteiger partial charge in [-0.15, -0.1) is 21.5 Å². The van der Waals surface area contributed by atoms with E-state index < -0.39 is 6.04 Å². The number of carbonyl (C=O) groups excluding carboxylic acids is 2. The van der Waals surface area contributed by atoms with Gasteiger partial charge in [-0.05, 0) is 26.0 Å². The van der Waals surface area contributed by atoms with Crippen molar-refractivity contribution in [1.29, 1.82) is 0 Å². The fraction of sp³-hybridized carbons (Fsp3) is 0.529. The lowest BCUT2D eigenvalue weighted by molar-refractivity contribution is -0.134. The number of aromatic nitrogens is 2. The van der Waals surface area contributed by atoms with Crippen molar-refractivity contribution in [3.8, 4) is 0 Å². The zero-order valence-electron chi connectivity index (χ0n) is 14.9. The van der Waals surface area contributed by atoms with Crippen LogP contribution in [-0.4, -0.2) is 52.6 Å². The van der Waals surface area contributed by atoms with Crippen LogP contribution >= 0.6 is 11.3 Å². The molecule has 0 saturated carbocycles. The molecule has 0 spiro atoms. The second kappa shape index (κ2) is 8.41. The van der Waals surface area contributed by atoms with Crippen LogP contribution < -0.4 is 10.6 Å². The largest absolute Gasteiger partial charge is 0.465 e. The molecule has 1 aliphatic rings. The Morgan fingerprint density at radius 3 is 2.96 bits per heavy atom. The number of piperazine rings is 1. The number of rotatable bonds is 7. The molecule has 0 aliphatic carbocycles. The second-order valence-corrected chi connectivity index (χ2v) is 7.57. The van der Waals surface area contributed by atoms with Crippen molar-refractivity contribution in [2.24, 2.45) is 0 Å². The maximum absolute atomic E-state index is 12.3. The molecule has 3 heterocycles. The Bertz CT molecular complexity index is 772. The van der Waals surface area contributed by atoms with Gasteiger partial charge in [-0.1, -0.05) is 0 Å². The molecule has 9 heteroatoms. The first-order chi connectivity index (χ1) is 12.5. The molecule has 1 fully saturated rings. The van der Waals surface area contributed by atoms with Crippen LogP contribution in [0.4, 0.5) is 0 Å². The monoisotopic (exact) mass is 377 g/mol. The van der Waals surface area contributed by atoms with E-state index in [1.54, 1.807) is 0 Å². The average molecular weight is 377 g/mol. The van der Waals surface area contributed by atoms with E-state index in [0.717, 1.165) is 21.5 Å². The van der Waals surface area contributed by atoms with E-state index in [1.807, 2.05) is 30.9 Å². The smallest absolute Gasteiger partial charge is 0.237 e. The Morgan fingerprint density at radius 2 is 2.27 bits per heavy atom. The van der Waals surface area contributed by atoms with Gasteiger partial charge in [0.1, 0.15) is 21.5 Å². The van der Waals surface area contributed by atoms with Gasteiger partial charge < -0.3 is 15.1 Å². The summed E-state index contributed by atoms with van der Waals surface area (Å²) in [7, 11) is 0. The van der Waals surface area contributed by atoms with Crippen LogP contribution in [0.15, 0.2) is 16.5 Å². The molecule has 2 aromatic heterocycles. The van der Waals surface area contributed by atoms with Crippen molar-refractivity contribution in [2.45, 2.75) is 39.3 Å². The van der Waals surface area contributed by atoms with E-state index in [-0.39, 0.29) is 18.2 Å². The van der Waals surface area contributed by atoms with Gasteiger partial charge in [-0.2, -0.15) is 0 Å². The molecule has 8 nitrogen and oxygen atoms in total. The third-order valence-electron chi connectivity index (χ3n) is 4.20. The highest BCUT2D eigenvalue weighted by atomic mass is 32.1. The first kappa shape index (κ1) is 18.5. The van der Waals surface area contributed by atoms with E-state index >= 15 is 0 Å². The highest BCUT2D eigenvalue weighted by Gasteiger charge is 2.32. The third kappa shape index (κ3) is 4.89. The normalized spacial score (nSPS) is 17.9. The van der Waals surface area contributed by atoms with Crippen LogP contribution in [0, 0.1) is 13.8 Å². The van der Waals surface area contributed by atoms with Gasteiger partial charge in [0.2, 0.25) is 11.8 Å². The lowest BCUT2D eigenvalue weighted by atomic mass is 10.1. The van der Waals surface area contributed by atoms with Crippen LogP contribution in [0.5, 0.6) is 0 Å². The minimum absolute atomic E-state index is 0.116. The van der Waals surface area contributed by atoms with Gasteiger partial charge in [0.25, 0.3) is 0 Å². The summed E-state index contributed by atoms with van der Waals surface area (Å²) >= 11 is 1.52. The first-order valence-corrected chi connectivity index (χ1v) is 9.45. The number of furan rings is 1. The number of nitrogens with one attached hydrogen (secondary N) is 2. The lowest BCUT2D eigenvalue weighted by Crippen LogP contribution is -2.56. The lowest BCUT2D eigenvalue weighted by Gasteiger charge is -2.34. The molecule has 0 bridgehead atoms. The van der Waals surface area contributed by atoms with Crippen LogP contribution in [-0.2, 0) is 22.6 Å². The molecule has 140 valence electrons. The van der Waals surface area contributed by atoms with Crippen molar-refractivity contribution >= 4 is 23.2 Å².